The first kappa shape index (κ1) is 27.1. The number of aliphatic hydroxyl groups is 1. The van der Waals surface area contributed by atoms with Crippen LogP contribution in [0.1, 0.15) is 30.7 Å². The highest BCUT2D eigenvalue weighted by atomic mass is 32.1. The molecule has 0 unspecified atom stereocenters. The van der Waals surface area contributed by atoms with Gasteiger partial charge in [-0.2, -0.15) is 23.6 Å². The smallest absolute Gasteiger partial charge is 0.250 e. The number of nitrogens with zero attached hydrogens (tertiary/aromatic N) is 5. The van der Waals surface area contributed by atoms with E-state index in [4.69, 9.17) is 4.74 Å². The number of anilines is 3. The predicted octanol–water partition coefficient (Wildman–Crippen LogP) is 2.57. The molecule has 0 radical (unpaired) electrons. The van der Waals surface area contributed by atoms with Gasteiger partial charge in [0.2, 0.25) is 11.9 Å². The largest absolute Gasteiger partial charge is 0.491 e. The number of hydrogen-bond donors (Lipinski definition) is 3. The maximum atomic E-state index is 14.0. The Bertz CT molecular complexity index is 1260. The van der Waals surface area contributed by atoms with Gasteiger partial charge in [-0.3, -0.25) is 9.48 Å². The number of halogens is 2. The first-order chi connectivity index (χ1) is 16.5. The van der Waals surface area contributed by atoms with Crippen LogP contribution < -0.4 is 20.3 Å². The van der Waals surface area contributed by atoms with Crippen molar-refractivity contribution >= 4 is 36.9 Å². The van der Waals surface area contributed by atoms with Crippen molar-refractivity contribution in [2.75, 3.05) is 29.7 Å². The Morgan fingerprint density at radius 3 is 2.50 bits per heavy atom. The monoisotopic (exact) mass is 521 g/mol. The molecule has 0 fully saturated rings. The number of benzene rings is 1. The lowest BCUT2D eigenvalue weighted by Gasteiger charge is -2.40. The second-order valence-electron chi connectivity index (χ2n) is 8.98. The number of fused-ring (bicyclic) bond motifs is 1. The fraction of sp³-hybridized carbons (Fsp3) is 0.391. The molecule has 3 heterocycles. The van der Waals surface area contributed by atoms with Crippen molar-refractivity contribution in [1.29, 1.82) is 0 Å². The van der Waals surface area contributed by atoms with Gasteiger partial charge in [0.1, 0.15) is 11.7 Å². The maximum absolute atomic E-state index is 14.0. The van der Waals surface area contributed by atoms with Crippen molar-refractivity contribution in [2.45, 2.75) is 45.5 Å². The van der Waals surface area contributed by atoms with E-state index < -0.39 is 29.0 Å². The molecule has 4 rings (SSSR count). The SMILES string of the molecule is COc1c(F)cc(Cn2cc(CNc3nc(C)c4c(n3)N(C)[C@@H](C(C)(C)O)C(=O)N4)cn2)cc1F.S. The average molecular weight is 522 g/mol. The van der Waals surface area contributed by atoms with Crippen LogP contribution in [0, 0.1) is 18.6 Å². The van der Waals surface area contributed by atoms with E-state index in [2.05, 4.69) is 25.7 Å². The molecule has 0 bridgehead atoms. The van der Waals surface area contributed by atoms with Gasteiger partial charge in [0.15, 0.2) is 23.2 Å². The number of rotatable bonds is 7. The van der Waals surface area contributed by atoms with Crippen molar-refractivity contribution in [3.8, 4) is 5.75 Å². The first-order valence-corrected chi connectivity index (χ1v) is 10.9. The van der Waals surface area contributed by atoms with Gasteiger partial charge in [-0.25, -0.2) is 13.8 Å². The van der Waals surface area contributed by atoms with Crippen LogP contribution in [0.15, 0.2) is 24.5 Å². The summed E-state index contributed by atoms with van der Waals surface area (Å²) >= 11 is 0. The van der Waals surface area contributed by atoms with E-state index in [0.29, 0.717) is 35.3 Å². The molecular weight excluding hydrogens is 492 g/mol. The first-order valence-electron chi connectivity index (χ1n) is 10.9. The highest BCUT2D eigenvalue weighted by Gasteiger charge is 2.42. The molecule has 1 aliphatic heterocycles. The van der Waals surface area contributed by atoms with E-state index in [1.807, 2.05) is 0 Å². The number of carbonyl (C=O) groups excluding carboxylic acids is 1. The summed E-state index contributed by atoms with van der Waals surface area (Å²) in [5.41, 5.74) is 0.993. The second-order valence-corrected chi connectivity index (χ2v) is 8.98. The summed E-state index contributed by atoms with van der Waals surface area (Å²) in [5.74, 6) is -1.46. The summed E-state index contributed by atoms with van der Waals surface area (Å²) in [7, 11) is 2.91. The molecule has 1 aromatic carbocycles. The van der Waals surface area contributed by atoms with Gasteiger partial charge in [-0.15, -0.1) is 0 Å². The molecule has 0 spiro atoms. The molecule has 1 atom stereocenters. The zero-order valence-corrected chi connectivity index (χ0v) is 21.6. The number of nitrogens with one attached hydrogen (secondary N) is 2. The van der Waals surface area contributed by atoms with E-state index in [1.165, 1.54) is 19.2 Å². The summed E-state index contributed by atoms with van der Waals surface area (Å²) in [6.45, 7) is 5.41. The minimum atomic E-state index is -1.28. The van der Waals surface area contributed by atoms with Gasteiger partial charge in [0, 0.05) is 25.4 Å². The van der Waals surface area contributed by atoms with Gasteiger partial charge < -0.3 is 25.4 Å². The van der Waals surface area contributed by atoms with Crippen molar-refractivity contribution in [2.24, 2.45) is 0 Å². The number of aryl methyl sites for hydroxylation is 1. The minimum Gasteiger partial charge on any atom is -0.491 e. The number of carbonyl (C=O) groups is 1. The normalized spacial score (nSPS) is 15.2. The van der Waals surface area contributed by atoms with Crippen molar-refractivity contribution in [3.63, 3.8) is 0 Å². The zero-order chi connectivity index (χ0) is 25.5. The second kappa shape index (κ2) is 10.3. The Morgan fingerprint density at radius 2 is 1.89 bits per heavy atom. The molecule has 10 nitrogen and oxygen atoms in total. The lowest BCUT2D eigenvalue weighted by Crippen LogP contribution is -2.57. The Hall–Kier alpha value is -3.45. The van der Waals surface area contributed by atoms with Gasteiger partial charge in [-0.05, 0) is 38.5 Å². The van der Waals surface area contributed by atoms with Gasteiger partial charge in [0.05, 0.1) is 31.1 Å². The van der Waals surface area contributed by atoms with Crippen LogP contribution in [0.2, 0.25) is 0 Å². The third-order valence-electron chi connectivity index (χ3n) is 5.70. The van der Waals surface area contributed by atoms with E-state index in [1.54, 1.807) is 49.8 Å². The standard InChI is InChI=1S/C23H27F2N7O3.H2S/c1-12-17-20(31(4)19(21(33)29-17)23(2,3)34)30-22(28-12)26-8-14-9-27-32(11-14)10-13-6-15(24)18(35-5)16(25)7-13;/h6-7,9,11,19,34H,8,10H2,1-5H3,(H,29,33)(H,26,28,30);1H2/t19-;/m1./s1. The Kier molecular flexibility index (Phi) is 7.74. The summed E-state index contributed by atoms with van der Waals surface area (Å²) in [4.78, 5) is 23.1. The molecular formula is C23H29F2N7O3S. The van der Waals surface area contributed by atoms with Gasteiger partial charge in [-0.1, -0.05) is 0 Å². The fourth-order valence-electron chi connectivity index (χ4n) is 4.17. The van der Waals surface area contributed by atoms with Crippen LogP contribution >= 0.6 is 13.5 Å². The number of amides is 1. The van der Waals surface area contributed by atoms with Crippen molar-refractivity contribution in [3.05, 3.63) is 53.0 Å². The average Bonchev–Trinajstić information content (AvgIpc) is 3.19. The molecule has 0 saturated carbocycles. The van der Waals surface area contributed by atoms with E-state index in [0.717, 1.165) is 5.56 Å². The van der Waals surface area contributed by atoms with Crippen LogP contribution in [-0.4, -0.2) is 56.6 Å². The molecule has 0 saturated heterocycles. The topological polar surface area (TPSA) is 117 Å². The fourth-order valence-corrected chi connectivity index (χ4v) is 4.17. The number of aromatic nitrogens is 4. The molecule has 13 heteroatoms. The van der Waals surface area contributed by atoms with Crippen LogP contribution in [0.4, 0.5) is 26.2 Å². The molecule has 0 aliphatic carbocycles. The van der Waals surface area contributed by atoms with Crippen molar-refractivity contribution < 1.29 is 23.4 Å². The number of methoxy groups -OCH3 is 1. The molecule has 36 heavy (non-hydrogen) atoms. The van der Waals surface area contributed by atoms with Gasteiger partial charge >= 0.3 is 0 Å². The number of likely N-dealkylation sites (N-methyl/N-ethyl adjacent to an activating group) is 1. The Labute approximate surface area is 214 Å². The molecule has 2 aromatic heterocycles. The molecule has 3 aromatic rings. The van der Waals surface area contributed by atoms with E-state index in [9.17, 15) is 18.7 Å². The summed E-state index contributed by atoms with van der Waals surface area (Å²) in [5, 5.41) is 20.6. The Morgan fingerprint density at radius 1 is 1.22 bits per heavy atom. The molecule has 194 valence electrons. The lowest BCUT2D eigenvalue weighted by atomic mass is 9.95. The van der Waals surface area contributed by atoms with Crippen molar-refractivity contribution in [1.82, 2.24) is 19.7 Å². The lowest BCUT2D eigenvalue weighted by molar-refractivity contribution is -0.122. The van der Waals surface area contributed by atoms with Crippen LogP contribution in [0.3, 0.4) is 0 Å². The van der Waals surface area contributed by atoms with E-state index in [-0.39, 0.29) is 25.9 Å². The molecule has 1 amide bonds. The maximum Gasteiger partial charge on any atom is 0.250 e. The third kappa shape index (κ3) is 5.36. The minimum absolute atomic E-state index is 0. The Balaban J connectivity index is 0.00000361. The molecule has 1 aliphatic rings. The van der Waals surface area contributed by atoms with Crippen LogP contribution in [-0.2, 0) is 17.9 Å². The molecule has 3 N–H and O–H groups in total. The van der Waals surface area contributed by atoms with E-state index >= 15 is 0 Å². The van der Waals surface area contributed by atoms with Crippen LogP contribution in [0.5, 0.6) is 5.75 Å². The van der Waals surface area contributed by atoms with Gasteiger partial charge in [0.25, 0.3) is 0 Å². The number of ether oxygens (including phenoxy) is 1. The number of hydrogen-bond acceptors (Lipinski definition) is 8. The zero-order valence-electron chi connectivity index (χ0n) is 20.6. The summed E-state index contributed by atoms with van der Waals surface area (Å²) in [6, 6.07) is 1.60. The highest BCUT2D eigenvalue weighted by molar-refractivity contribution is 7.59. The highest BCUT2D eigenvalue weighted by Crippen LogP contribution is 2.35. The van der Waals surface area contributed by atoms with Crippen LogP contribution in [0.25, 0.3) is 0 Å². The third-order valence-corrected chi connectivity index (χ3v) is 5.70. The summed E-state index contributed by atoms with van der Waals surface area (Å²) in [6.07, 6.45) is 3.38. The summed E-state index contributed by atoms with van der Waals surface area (Å²) < 4.78 is 34.2. The quantitative estimate of drug-likeness (QED) is 0.434. The predicted molar refractivity (Wildman–Crippen MR) is 136 cm³/mol.